The molecule has 0 spiro atoms. The van der Waals surface area contributed by atoms with Crippen molar-refractivity contribution in [1.82, 2.24) is 0 Å². The molecule has 136 valence electrons. The second-order valence-electron chi connectivity index (χ2n) is 6.86. The highest BCUT2D eigenvalue weighted by molar-refractivity contribution is 8.00. The Bertz CT molecular complexity index is 793. The van der Waals surface area contributed by atoms with Crippen molar-refractivity contribution in [3.05, 3.63) is 60.2 Å². The fourth-order valence-corrected chi connectivity index (χ4v) is 3.93. The summed E-state index contributed by atoms with van der Waals surface area (Å²) in [6, 6.07) is 17.3. The standard InChI is InChI=1S/C20H21ClN2O2S/c1-20(2,13-21)19(25)22-15-10-8-14(9-11-15)18-23(17(24)12-26-18)16-6-4-3-5-7-16/h3-11,18H,12-13H2,1-2H3,(H,22,25). The number of para-hydroxylation sites is 1. The number of carbonyl (C=O) groups excluding carboxylic acids is 2. The molecule has 1 aliphatic heterocycles. The minimum absolute atomic E-state index is 0.0612. The third-order valence-corrected chi connectivity index (χ3v) is 6.19. The number of anilines is 2. The van der Waals surface area contributed by atoms with Gasteiger partial charge in [0.05, 0.1) is 11.2 Å². The maximum absolute atomic E-state index is 12.3. The van der Waals surface area contributed by atoms with Crippen molar-refractivity contribution in [2.45, 2.75) is 19.2 Å². The molecule has 0 aliphatic carbocycles. The van der Waals surface area contributed by atoms with E-state index >= 15 is 0 Å². The number of rotatable bonds is 5. The van der Waals surface area contributed by atoms with Gasteiger partial charge in [-0.2, -0.15) is 0 Å². The van der Waals surface area contributed by atoms with Crippen LogP contribution in [0, 0.1) is 5.41 Å². The normalized spacial score (nSPS) is 17.4. The number of alkyl halides is 1. The van der Waals surface area contributed by atoms with E-state index in [9.17, 15) is 9.59 Å². The summed E-state index contributed by atoms with van der Waals surface area (Å²) in [7, 11) is 0. The van der Waals surface area contributed by atoms with Crippen molar-refractivity contribution in [2.24, 2.45) is 5.41 Å². The first-order chi connectivity index (χ1) is 12.4. The zero-order chi connectivity index (χ0) is 18.7. The van der Waals surface area contributed by atoms with Gasteiger partial charge in [-0.25, -0.2) is 0 Å². The van der Waals surface area contributed by atoms with Gasteiger partial charge in [0.1, 0.15) is 5.37 Å². The van der Waals surface area contributed by atoms with Crippen LogP contribution in [0.1, 0.15) is 24.8 Å². The van der Waals surface area contributed by atoms with Gasteiger partial charge in [0.2, 0.25) is 11.8 Å². The van der Waals surface area contributed by atoms with Gasteiger partial charge in [0.25, 0.3) is 0 Å². The lowest BCUT2D eigenvalue weighted by Crippen LogP contribution is -2.32. The Kier molecular flexibility index (Phi) is 5.58. The number of benzene rings is 2. The smallest absolute Gasteiger partial charge is 0.238 e. The topological polar surface area (TPSA) is 49.4 Å². The van der Waals surface area contributed by atoms with Gasteiger partial charge in [-0.3, -0.25) is 14.5 Å². The van der Waals surface area contributed by atoms with Crippen LogP contribution in [0.15, 0.2) is 54.6 Å². The molecule has 0 bridgehead atoms. The molecular formula is C20H21ClN2O2S. The molecule has 26 heavy (non-hydrogen) atoms. The van der Waals surface area contributed by atoms with E-state index in [1.165, 1.54) is 0 Å². The summed E-state index contributed by atoms with van der Waals surface area (Å²) in [4.78, 5) is 26.4. The quantitative estimate of drug-likeness (QED) is 0.757. The molecule has 1 heterocycles. The lowest BCUT2D eigenvalue weighted by atomic mass is 9.95. The zero-order valence-electron chi connectivity index (χ0n) is 14.7. The van der Waals surface area contributed by atoms with E-state index in [-0.39, 0.29) is 23.1 Å². The first kappa shape index (κ1) is 18.8. The summed E-state index contributed by atoms with van der Waals surface area (Å²) in [5.74, 6) is 0.704. The molecule has 6 heteroatoms. The van der Waals surface area contributed by atoms with Gasteiger partial charge in [0.15, 0.2) is 0 Å². The Labute approximate surface area is 162 Å². The number of hydrogen-bond donors (Lipinski definition) is 1. The number of carbonyl (C=O) groups is 2. The van der Waals surface area contributed by atoms with Gasteiger partial charge in [0, 0.05) is 17.3 Å². The third kappa shape index (κ3) is 3.89. The monoisotopic (exact) mass is 388 g/mol. The highest BCUT2D eigenvalue weighted by Gasteiger charge is 2.34. The van der Waals surface area contributed by atoms with Crippen molar-refractivity contribution in [3.8, 4) is 0 Å². The predicted molar refractivity (Wildman–Crippen MR) is 109 cm³/mol. The Morgan fingerprint density at radius 1 is 1.19 bits per heavy atom. The molecule has 1 fully saturated rings. The van der Waals surface area contributed by atoms with Crippen molar-refractivity contribution in [3.63, 3.8) is 0 Å². The molecule has 1 unspecified atom stereocenters. The van der Waals surface area contributed by atoms with Gasteiger partial charge in [-0.1, -0.05) is 30.3 Å². The van der Waals surface area contributed by atoms with E-state index in [1.807, 2.05) is 73.3 Å². The second kappa shape index (κ2) is 7.72. The number of hydrogen-bond acceptors (Lipinski definition) is 3. The molecule has 2 aromatic carbocycles. The van der Waals surface area contributed by atoms with Crippen molar-refractivity contribution in [1.29, 1.82) is 0 Å². The molecule has 1 atom stereocenters. The maximum Gasteiger partial charge on any atom is 0.238 e. The van der Waals surface area contributed by atoms with Crippen LogP contribution in [-0.4, -0.2) is 23.4 Å². The molecule has 0 aromatic heterocycles. The highest BCUT2D eigenvalue weighted by atomic mass is 35.5. The lowest BCUT2D eigenvalue weighted by Gasteiger charge is -2.25. The molecule has 3 rings (SSSR count). The summed E-state index contributed by atoms with van der Waals surface area (Å²) in [6.45, 7) is 3.62. The molecule has 1 aliphatic rings. The Morgan fingerprint density at radius 2 is 1.85 bits per heavy atom. The molecule has 2 amide bonds. The fourth-order valence-electron chi connectivity index (χ4n) is 2.63. The van der Waals surface area contributed by atoms with Crippen LogP contribution in [0.4, 0.5) is 11.4 Å². The molecule has 4 nitrogen and oxygen atoms in total. The minimum atomic E-state index is -0.627. The van der Waals surface area contributed by atoms with E-state index in [0.29, 0.717) is 5.75 Å². The molecule has 2 aromatic rings. The molecular weight excluding hydrogens is 368 g/mol. The summed E-state index contributed by atoms with van der Waals surface area (Å²) in [6.07, 6.45) is 0. The molecule has 1 N–H and O–H groups in total. The summed E-state index contributed by atoms with van der Waals surface area (Å²) >= 11 is 7.46. The number of halogens is 1. The van der Waals surface area contributed by atoms with Crippen LogP contribution >= 0.6 is 23.4 Å². The Morgan fingerprint density at radius 3 is 2.46 bits per heavy atom. The summed E-state index contributed by atoms with van der Waals surface area (Å²) < 4.78 is 0. The minimum Gasteiger partial charge on any atom is -0.326 e. The first-order valence-electron chi connectivity index (χ1n) is 8.38. The first-order valence-corrected chi connectivity index (χ1v) is 9.97. The van der Waals surface area contributed by atoms with Crippen molar-refractivity contribution < 1.29 is 9.59 Å². The summed E-state index contributed by atoms with van der Waals surface area (Å²) in [5.41, 5.74) is 2.02. The van der Waals surface area contributed by atoms with Gasteiger partial charge < -0.3 is 5.32 Å². The van der Waals surface area contributed by atoms with Crippen molar-refractivity contribution in [2.75, 3.05) is 21.8 Å². The van der Waals surface area contributed by atoms with E-state index < -0.39 is 5.41 Å². The number of thioether (sulfide) groups is 1. The third-order valence-electron chi connectivity index (χ3n) is 4.30. The average molecular weight is 389 g/mol. The van der Waals surface area contributed by atoms with Gasteiger partial charge >= 0.3 is 0 Å². The van der Waals surface area contributed by atoms with Crippen molar-refractivity contribution >= 4 is 46.6 Å². The molecule has 0 radical (unpaired) electrons. The van der Waals surface area contributed by atoms with Crippen LogP contribution < -0.4 is 10.2 Å². The molecule has 1 saturated heterocycles. The maximum atomic E-state index is 12.3. The van der Waals surface area contributed by atoms with Crippen LogP contribution in [-0.2, 0) is 9.59 Å². The largest absolute Gasteiger partial charge is 0.326 e. The van der Waals surface area contributed by atoms with Gasteiger partial charge in [-0.05, 0) is 43.7 Å². The van der Waals surface area contributed by atoms with E-state index in [0.717, 1.165) is 16.9 Å². The summed E-state index contributed by atoms with van der Waals surface area (Å²) in [5, 5.41) is 2.83. The predicted octanol–water partition coefficient (Wildman–Crippen LogP) is 4.67. The number of nitrogens with one attached hydrogen (secondary N) is 1. The number of nitrogens with zero attached hydrogens (tertiary/aromatic N) is 1. The highest BCUT2D eigenvalue weighted by Crippen LogP contribution is 2.41. The average Bonchev–Trinajstić information content (AvgIpc) is 3.04. The van der Waals surface area contributed by atoms with E-state index in [2.05, 4.69) is 5.32 Å². The SMILES string of the molecule is CC(C)(CCl)C(=O)Nc1ccc(C2SCC(=O)N2c2ccccc2)cc1. The van der Waals surface area contributed by atoms with E-state index in [4.69, 9.17) is 11.6 Å². The fraction of sp³-hybridized carbons (Fsp3) is 0.300. The van der Waals surface area contributed by atoms with Crippen LogP contribution in [0.3, 0.4) is 0 Å². The van der Waals surface area contributed by atoms with Crippen LogP contribution in [0.25, 0.3) is 0 Å². The zero-order valence-corrected chi connectivity index (χ0v) is 16.3. The van der Waals surface area contributed by atoms with Gasteiger partial charge in [-0.15, -0.1) is 23.4 Å². The number of amides is 2. The Balaban J connectivity index is 1.78. The Hall–Kier alpha value is -1.98. The molecule has 0 saturated carbocycles. The van der Waals surface area contributed by atoms with E-state index in [1.54, 1.807) is 11.8 Å². The van der Waals surface area contributed by atoms with Crippen LogP contribution in [0.5, 0.6) is 0 Å². The lowest BCUT2D eigenvalue weighted by molar-refractivity contribution is -0.123. The second-order valence-corrected chi connectivity index (χ2v) is 8.19. The van der Waals surface area contributed by atoms with Crippen LogP contribution in [0.2, 0.25) is 0 Å².